The summed E-state index contributed by atoms with van der Waals surface area (Å²) in [5, 5.41) is 3.83. The van der Waals surface area contributed by atoms with E-state index < -0.39 is 0 Å². The molecule has 0 aliphatic rings. The van der Waals surface area contributed by atoms with Crippen molar-refractivity contribution in [3.05, 3.63) is 62.8 Å². The van der Waals surface area contributed by atoms with Crippen LogP contribution < -0.4 is 10.1 Å². The molecule has 0 saturated heterocycles. The average molecular weight is 359 g/mol. The molecule has 0 amide bonds. The summed E-state index contributed by atoms with van der Waals surface area (Å²) in [7, 11) is 3.28. The lowest BCUT2D eigenvalue weighted by Gasteiger charge is -2.19. The van der Waals surface area contributed by atoms with Gasteiger partial charge in [-0.1, -0.05) is 39.7 Å². The number of ether oxygens (including phenoxy) is 1. The van der Waals surface area contributed by atoms with Crippen molar-refractivity contribution in [2.24, 2.45) is 0 Å². The first-order valence-corrected chi connectivity index (χ1v) is 7.19. The van der Waals surface area contributed by atoms with E-state index in [-0.39, 0.29) is 17.6 Å². The topological polar surface area (TPSA) is 21.3 Å². The van der Waals surface area contributed by atoms with Gasteiger partial charge in [0.15, 0.2) is 11.6 Å². The fourth-order valence-electron chi connectivity index (χ4n) is 2.10. The Hall–Kier alpha value is -1.10. The van der Waals surface area contributed by atoms with Crippen LogP contribution in [0.4, 0.5) is 4.39 Å². The molecule has 2 nitrogen and oxygen atoms in total. The largest absolute Gasteiger partial charge is 0.494 e. The molecular formula is C15H14BrClFNO. The highest BCUT2D eigenvalue weighted by Crippen LogP contribution is 2.32. The lowest BCUT2D eigenvalue weighted by molar-refractivity contribution is 0.386. The minimum atomic E-state index is -0.379. The maximum Gasteiger partial charge on any atom is 0.165 e. The Morgan fingerprint density at radius 1 is 1.25 bits per heavy atom. The number of methoxy groups -OCH3 is 1. The molecule has 20 heavy (non-hydrogen) atoms. The van der Waals surface area contributed by atoms with Crippen molar-refractivity contribution in [1.82, 2.24) is 5.32 Å². The molecule has 0 radical (unpaired) electrons. The highest BCUT2D eigenvalue weighted by atomic mass is 79.9. The monoisotopic (exact) mass is 357 g/mol. The summed E-state index contributed by atoms with van der Waals surface area (Å²) in [4.78, 5) is 0. The van der Waals surface area contributed by atoms with Gasteiger partial charge < -0.3 is 10.1 Å². The minimum absolute atomic E-state index is 0.137. The van der Waals surface area contributed by atoms with Crippen molar-refractivity contribution in [3.63, 3.8) is 0 Å². The maximum atomic E-state index is 13.8. The number of hydrogen-bond donors (Lipinski definition) is 1. The summed E-state index contributed by atoms with van der Waals surface area (Å²) in [6.07, 6.45) is 0. The van der Waals surface area contributed by atoms with Gasteiger partial charge in [-0.2, -0.15) is 0 Å². The van der Waals surface area contributed by atoms with Crippen LogP contribution >= 0.6 is 27.5 Å². The Labute approximate surface area is 131 Å². The second-order valence-electron chi connectivity index (χ2n) is 4.28. The second kappa shape index (κ2) is 6.57. The third-order valence-corrected chi connectivity index (χ3v) is 3.99. The molecular weight excluding hydrogens is 345 g/mol. The van der Waals surface area contributed by atoms with Gasteiger partial charge in [0.2, 0.25) is 0 Å². The second-order valence-corrected chi connectivity index (χ2v) is 5.57. The summed E-state index contributed by atoms with van der Waals surface area (Å²) in [5.74, 6) is -0.144. The van der Waals surface area contributed by atoms with Crippen molar-refractivity contribution in [1.29, 1.82) is 0 Å². The molecule has 0 spiro atoms. The molecule has 0 aliphatic heterocycles. The van der Waals surface area contributed by atoms with Crippen molar-refractivity contribution in [2.75, 3.05) is 14.2 Å². The van der Waals surface area contributed by atoms with E-state index in [0.29, 0.717) is 5.02 Å². The Kier molecular flexibility index (Phi) is 5.02. The van der Waals surface area contributed by atoms with Crippen LogP contribution in [0.25, 0.3) is 0 Å². The van der Waals surface area contributed by atoms with Gasteiger partial charge in [-0.15, -0.1) is 0 Å². The van der Waals surface area contributed by atoms with Gasteiger partial charge in [0.25, 0.3) is 0 Å². The molecule has 2 aromatic carbocycles. The van der Waals surface area contributed by atoms with E-state index in [1.54, 1.807) is 6.07 Å². The first kappa shape index (κ1) is 15.3. The lowest BCUT2D eigenvalue weighted by atomic mass is 9.98. The molecule has 106 valence electrons. The van der Waals surface area contributed by atoms with Gasteiger partial charge in [-0.25, -0.2) is 4.39 Å². The first-order chi connectivity index (χ1) is 9.56. The zero-order chi connectivity index (χ0) is 14.7. The van der Waals surface area contributed by atoms with Crippen molar-refractivity contribution < 1.29 is 9.13 Å². The Bertz CT molecular complexity index is 621. The smallest absolute Gasteiger partial charge is 0.165 e. The van der Waals surface area contributed by atoms with Crippen LogP contribution in [0.2, 0.25) is 5.02 Å². The van der Waals surface area contributed by atoms with E-state index in [1.165, 1.54) is 13.2 Å². The van der Waals surface area contributed by atoms with Gasteiger partial charge >= 0.3 is 0 Å². The molecule has 2 rings (SSSR count). The number of nitrogens with one attached hydrogen (secondary N) is 1. The molecule has 2 aromatic rings. The van der Waals surface area contributed by atoms with Crippen molar-refractivity contribution >= 4 is 27.5 Å². The van der Waals surface area contributed by atoms with Gasteiger partial charge in [-0.3, -0.25) is 0 Å². The number of rotatable bonds is 4. The van der Waals surface area contributed by atoms with Gasteiger partial charge in [0, 0.05) is 9.50 Å². The van der Waals surface area contributed by atoms with Crippen LogP contribution in [0.15, 0.2) is 40.9 Å². The summed E-state index contributed by atoms with van der Waals surface area (Å²) >= 11 is 9.44. The van der Waals surface area contributed by atoms with Gasteiger partial charge in [0.1, 0.15) is 0 Å². The molecule has 1 unspecified atom stereocenters. The molecule has 5 heteroatoms. The highest BCUT2D eigenvalue weighted by molar-refractivity contribution is 9.10. The van der Waals surface area contributed by atoms with E-state index in [4.69, 9.17) is 16.3 Å². The molecule has 1 N–H and O–H groups in total. The van der Waals surface area contributed by atoms with E-state index in [2.05, 4.69) is 21.2 Å². The van der Waals surface area contributed by atoms with Crippen LogP contribution in [-0.4, -0.2) is 14.2 Å². The van der Waals surface area contributed by atoms with Crippen LogP contribution in [0.3, 0.4) is 0 Å². The Morgan fingerprint density at radius 2 is 2.00 bits per heavy atom. The van der Waals surface area contributed by atoms with Crippen molar-refractivity contribution in [3.8, 4) is 5.75 Å². The minimum Gasteiger partial charge on any atom is -0.494 e. The van der Waals surface area contributed by atoms with Crippen LogP contribution in [-0.2, 0) is 0 Å². The van der Waals surface area contributed by atoms with Crippen LogP contribution in [0, 0.1) is 5.82 Å². The SMILES string of the molecule is CNC(c1ccc(OC)c(F)c1)c1ccc(Cl)cc1Br. The van der Waals surface area contributed by atoms with Gasteiger partial charge in [0.05, 0.1) is 13.2 Å². The summed E-state index contributed by atoms with van der Waals surface area (Å²) in [5.41, 5.74) is 1.80. The predicted molar refractivity (Wildman–Crippen MR) is 83.0 cm³/mol. The van der Waals surface area contributed by atoms with Crippen LogP contribution in [0.5, 0.6) is 5.75 Å². The Balaban J connectivity index is 2.44. The quantitative estimate of drug-likeness (QED) is 0.865. The molecule has 1 atom stereocenters. The lowest BCUT2D eigenvalue weighted by Crippen LogP contribution is -2.18. The molecule has 0 saturated carbocycles. The van der Waals surface area contributed by atoms with E-state index in [0.717, 1.165) is 15.6 Å². The average Bonchev–Trinajstić information content (AvgIpc) is 2.42. The fraction of sp³-hybridized carbons (Fsp3) is 0.200. The number of halogens is 3. The maximum absolute atomic E-state index is 13.8. The zero-order valence-electron chi connectivity index (χ0n) is 11.1. The molecule has 0 aromatic heterocycles. The third kappa shape index (κ3) is 3.14. The Morgan fingerprint density at radius 3 is 2.55 bits per heavy atom. The fourth-order valence-corrected chi connectivity index (χ4v) is 3.01. The predicted octanol–water partition coefficient (Wildman–Crippen LogP) is 4.56. The summed E-state index contributed by atoms with van der Waals surface area (Å²) in [6, 6.07) is 10.3. The normalized spacial score (nSPS) is 12.2. The number of hydrogen-bond acceptors (Lipinski definition) is 2. The standard InChI is InChI=1S/C15H14BrClFNO/c1-19-15(11-5-4-10(17)8-12(11)16)9-3-6-14(20-2)13(18)7-9/h3-8,15,19H,1-2H3. The van der Waals surface area contributed by atoms with E-state index >= 15 is 0 Å². The van der Waals surface area contributed by atoms with E-state index in [9.17, 15) is 4.39 Å². The third-order valence-electron chi connectivity index (χ3n) is 3.07. The summed E-state index contributed by atoms with van der Waals surface area (Å²) < 4.78 is 19.7. The van der Waals surface area contributed by atoms with E-state index in [1.807, 2.05) is 31.3 Å². The molecule has 0 bridgehead atoms. The zero-order valence-corrected chi connectivity index (χ0v) is 13.4. The van der Waals surface area contributed by atoms with Gasteiger partial charge in [-0.05, 0) is 42.4 Å². The molecule has 0 heterocycles. The van der Waals surface area contributed by atoms with Crippen LogP contribution in [0.1, 0.15) is 17.2 Å². The number of benzene rings is 2. The molecule has 0 fully saturated rings. The first-order valence-electron chi connectivity index (χ1n) is 6.02. The van der Waals surface area contributed by atoms with Crippen molar-refractivity contribution in [2.45, 2.75) is 6.04 Å². The summed E-state index contributed by atoms with van der Waals surface area (Å²) in [6.45, 7) is 0. The highest BCUT2D eigenvalue weighted by Gasteiger charge is 2.17. The molecule has 0 aliphatic carbocycles.